The minimum absolute atomic E-state index is 0. The summed E-state index contributed by atoms with van der Waals surface area (Å²) in [5.41, 5.74) is 0. The molecular formula is C4H3INa2O4. The van der Waals surface area contributed by atoms with Crippen LogP contribution >= 0.6 is 22.6 Å². The Hall–Kier alpha value is 1.67. The molecule has 0 aliphatic heterocycles. The maximum absolute atomic E-state index is 9.83. The minimum atomic E-state index is -1.38. The van der Waals surface area contributed by atoms with Crippen molar-refractivity contribution in [2.45, 2.75) is 10.3 Å². The van der Waals surface area contributed by atoms with Crippen molar-refractivity contribution in [3.05, 3.63) is 0 Å². The van der Waals surface area contributed by atoms with Crippen molar-refractivity contribution in [1.82, 2.24) is 0 Å². The number of aliphatic carboxylic acids is 2. The summed E-state index contributed by atoms with van der Waals surface area (Å²) in [5, 5.41) is 19.5. The molecule has 0 spiro atoms. The second-order valence-electron chi connectivity index (χ2n) is 1.36. The number of carbonyl (C=O) groups is 2. The maximum Gasteiger partial charge on any atom is 1.00 e. The molecular weight excluding hydrogens is 285 g/mol. The smallest absolute Gasteiger partial charge is 0.550 e. The minimum Gasteiger partial charge on any atom is -0.550 e. The molecule has 7 heteroatoms. The molecule has 0 aliphatic rings. The molecule has 0 aromatic carbocycles. The average Bonchev–Trinajstić information content (AvgIpc) is 1.63. The van der Waals surface area contributed by atoms with Crippen LogP contribution in [0.15, 0.2) is 0 Å². The first-order valence-corrected chi connectivity index (χ1v) is 3.33. The van der Waals surface area contributed by atoms with Crippen LogP contribution in [0.4, 0.5) is 0 Å². The van der Waals surface area contributed by atoms with Gasteiger partial charge in [0.25, 0.3) is 0 Å². The van der Waals surface area contributed by atoms with Gasteiger partial charge in [-0.2, -0.15) is 0 Å². The zero-order chi connectivity index (χ0) is 7.44. The molecule has 1 atom stereocenters. The zero-order valence-electron chi connectivity index (χ0n) is 6.30. The first-order valence-electron chi connectivity index (χ1n) is 2.09. The van der Waals surface area contributed by atoms with E-state index >= 15 is 0 Å². The number of halogens is 1. The van der Waals surface area contributed by atoms with Crippen LogP contribution in [0.5, 0.6) is 0 Å². The quantitative estimate of drug-likeness (QED) is 0.293. The Bertz CT molecular complexity index is 140. The fourth-order valence-electron chi connectivity index (χ4n) is 0.230. The van der Waals surface area contributed by atoms with Gasteiger partial charge in [-0.15, -0.1) is 0 Å². The molecule has 0 saturated carbocycles. The van der Waals surface area contributed by atoms with Gasteiger partial charge in [-0.25, -0.2) is 0 Å². The summed E-state index contributed by atoms with van der Waals surface area (Å²) in [5.74, 6) is -2.75. The zero-order valence-corrected chi connectivity index (χ0v) is 12.5. The van der Waals surface area contributed by atoms with E-state index in [0.717, 1.165) is 0 Å². The van der Waals surface area contributed by atoms with Gasteiger partial charge in [0.05, 0.1) is 9.89 Å². The number of carboxylic acid groups (broad SMARTS) is 2. The molecule has 0 aromatic heterocycles. The molecule has 0 saturated heterocycles. The van der Waals surface area contributed by atoms with E-state index in [9.17, 15) is 19.8 Å². The van der Waals surface area contributed by atoms with Gasteiger partial charge in [0.1, 0.15) is 0 Å². The molecule has 0 N–H and O–H groups in total. The van der Waals surface area contributed by atoms with Gasteiger partial charge in [0.2, 0.25) is 0 Å². The van der Waals surface area contributed by atoms with Gasteiger partial charge >= 0.3 is 59.1 Å². The van der Waals surface area contributed by atoms with Crippen LogP contribution in [0, 0.1) is 0 Å². The summed E-state index contributed by atoms with van der Waals surface area (Å²) in [6, 6.07) is 0. The molecule has 4 nitrogen and oxygen atoms in total. The molecule has 11 heavy (non-hydrogen) atoms. The van der Waals surface area contributed by atoms with Gasteiger partial charge in [0.15, 0.2) is 0 Å². The van der Waals surface area contributed by atoms with E-state index in [1.807, 2.05) is 0 Å². The third kappa shape index (κ3) is 11.7. The number of alkyl halides is 1. The van der Waals surface area contributed by atoms with Crippen LogP contribution < -0.4 is 69.3 Å². The summed E-state index contributed by atoms with van der Waals surface area (Å²) in [6.07, 6.45) is -0.497. The van der Waals surface area contributed by atoms with Crippen molar-refractivity contribution >= 4 is 34.5 Å². The van der Waals surface area contributed by atoms with Crippen molar-refractivity contribution < 1.29 is 78.9 Å². The fraction of sp³-hybridized carbons (Fsp3) is 0.500. The predicted molar refractivity (Wildman–Crippen MR) is 32.4 cm³/mol. The van der Waals surface area contributed by atoms with Crippen LogP contribution in [-0.2, 0) is 9.59 Å². The molecule has 52 valence electrons. The number of rotatable bonds is 3. The van der Waals surface area contributed by atoms with Crippen molar-refractivity contribution in [3.63, 3.8) is 0 Å². The maximum atomic E-state index is 9.83. The van der Waals surface area contributed by atoms with Crippen molar-refractivity contribution in [1.29, 1.82) is 0 Å². The molecule has 0 unspecified atom stereocenters. The summed E-state index contributed by atoms with van der Waals surface area (Å²) >= 11 is 1.46. The summed E-state index contributed by atoms with van der Waals surface area (Å²) in [7, 11) is 0. The van der Waals surface area contributed by atoms with Gasteiger partial charge in [-0.05, 0) is 0 Å². The van der Waals surface area contributed by atoms with Crippen molar-refractivity contribution in [3.8, 4) is 0 Å². The van der Waals surface area contributed by atoms with Crippen LogP contribution in [-0.4, -0.2) is 15.9 Å². The Labute approximate surface area is 122 Å². The van der Waals surface area contributed by atoms with E-state index in [0.29, 0.717) is 0 Å². The molecule has 0 bridgehead atoms. The predicted octanol–water partition coefficient (Wildman–Crippen LogP) is -8.31. The second-order valence-corrected chi connectivity index (χ2v) is 2.87. The van der Waals surface area contributed by atoms with Gasteiger partial charge in [-0.3, -0.25) is 0 Å². The summed E-state index contributed by atoms with van der Waals surface area (Å²) < 4.78 is -0.993. The molecule has 0 aromatic rings. The van der Waals surface area contributed by atoms with Gasteiger partial charge in [-0.1, -0.05) is 22.6 Å². The first-order chi connectivity index (χ1) is 4.04. The Morgan fingerprint density at radius 3 is 1.73 bits per heavy atom. The van der Waals surface area contributed by atoms with E-state index in [1.54, 1.807) is 0 Å². The van der Waals surface area contributed by atoms with E-state index in [-0.39, 0.29) is 59.1 Å². The summed E-state index contributed by atoms with van der Waals surface area (Å²) in [4.78, 5) is 19.5. The average molecular weight is 288 g/mol. The number of carboxylic acids is 2. The third-order valence-electron chi connectivity index (χ3n) is 0.602. The van der Waals surface area contributed by atoms with Crippen LogP contribution in [0.25, 0.3) is 0 Å². The number of hydrogen-bond donors (Lipinski definition) is 0. The number of hydrogen-bond acceptors (Lipinski definition) is 4. The standard InChI is InChI=1S/C4H5IO4.2Na/c5-2(4(8)9)1-3(6)7;;/h2H,1H2,(H,6,7)(H,8,9);;/q;2*+1/p-2/t2-;;/m1../s1. The molecule has 0 aliphatic carbocycles. The van der Waals surface area contributed by atoms with Gasteiger partial charge < -0.3 is 19.8 Å². The third-order valence-corrected chi connectivity index (χ3v) is 1.55. The number of carbonyl (C=O) groups excluding carboxylic acids is 2. The molecule has 0 radical (unpaired) electrons. The van der Waals surface area contributed by atoms with Crippen molar-refractivity contribution in [2.75, 3.05) is 0 Å². The SMILES string of the molecule is O=C([O-])C[C@@H](I)C(=O)[O-].[Na+].[Na+]. The molecule has 0 fully saturated rings. The topological polar surface area (TPSA) is 80.3 Å². The normalized spacial score (nSPS) is 10.3. The van der Waals surface area contributed by atoms with Crippen LogP contribution in [0.2, 0.25) is 0 Å². The largest absolute Gasteiger partial charge is 1.00 e. The van der Waals surface area contributed by atoms with E-state index in [2.05, 4.69) is 0 Å². The fourth-order valence-corrected chi connectivity index (χ4v) is 0.589. The summed E-state index contributed by atoms with van der Waals surface area (Å²) in [6.45, 7) is 0. The van der Waals surface area contributed by atoms with Crippen LogP contribution in [0.1, 0.15) is 6.42 Å². The Morgan fingerprint density at radius 2 is 1.64 bits per heavy atom. The van der Waals surface area contributed by atoms with E-state index < -0.39 is 22.3 Å². The Kier molecular flexibility index (Phi) is 16.4. The second kappa shape index (κ2) is 9.76. The van der Waals surface area contributed by atoms with Crippen molar-refractivity contribution in [2.24, 2.45) is 0 Å². The van der Waals surface area contributed by atoms with E-state index in [1.165, 1.54) is 22.6 Å². The van der Waals surface area contributed by atoms with Gasteiger partial charge in [0, 0.05) is 12.4 Å². The monoisotopic (exact) mass is 288 g/mol. The first kappa shape index (κ1) is 18.5. The Morgan fingerprint density at radius 1 is 1.27 bits per heavy atom. The molecule has 0 rings (SSSR count). The molecule has 0 heterocycles. The Balaban J connectivity index is -0.000000320. The van der Waals surface area contributed by atoms with E-state index in [4.69, 9.17) is 0 Å². The molecule has 0 amide bonds. The van der Waals surface area contributed by atoms with Crippen LogP contribution in [0.3, 0.4) is 0 Å².